The van der Waals surface area contributed by atoms with Crippen LogP contribution >= 0.6 is 0 Å². The van der Waals surface area contributed by atoms with E-state index >= 15 is 0 Å². The molecule has 2 heterocycles. The average molecular weight is 205 g/mol. The van der Waals surface area contributed by atoms with Crippen LogP contribution in [0.2, 0.25) is 0 Å². The standard InChI is InChI=1S/C9H11N5O/c1-5(2)15-8-6-7(12-4-3-11-6)13-9(10)14-8/h3-5H,1-2H3,(H2,10,12,13,14). The van der Waals surface area contributed by atoms with E-state index in [0.29, 0.717) is 17.0 Å². The maximum Gasteiger partial charge on any atom is 0.247 e. The summed E-state index contributed by atoms with van der Waals surface area (Å²) in [5, 5.41) is 0. The van der Waals surface area contributed by atoms with Crippen molar-refractivity contribution in [2.45, 2.75) is 20.0 Å². The Kier molecular flexibility index (Phi) is 2.32. The largest absolute Gasteiger partial charge is 0.473 e. The smallest absolute Gasteiger partial charge is 0.247 e. The normalized spacial score (nSPS) is 10.9. The number of aromatic nitrogens is 4. The van der Waals surface area contributed by atoms with Gasteiger partial charge >= 0.3 is 0 Å². The van der Waals surface area contributed by atoms with Gasteiger partial charge in [0.1, 0.15) is 0 Å². The van der Waals surface area contributed by atoms with Gasteiger partial charge in [0.2, 0.25) is 11.8 Å². The summed E-state index contributed by atoms with van der Waals surface area (Å²) in [4.78, 5) is 16.1. The number of nitrogens with two attached hydrogens (primary N) is 1. The maximum atomic E-state index is 5.53. The summed E-state index contributed by atoms with van der Waals surface area (Å²) >= 11 is 0. The highest BCUT2D eigenvalue weighted by molar-refractivity contribution is 5.75. The van der Waals surface area contributed by atoms with E-state index in [9.17, 15) is 0 Å². The quantitative estimate of drug-likeness (QED) is 0.779. The van der Waals surface area contributed by atoms with Crippen molar-refractivity contribution in [3.05, 3.63) is 12.4 Å². The molecule has 0 radical (unpaired) electrons. The molecule has 78 valence electrons. The summed E-state index contributed by atoms with van der Waals surface area (Å²) in [6.45, 7) is 3.81. The average Bonchev–Trinajstić information content (AvgIpc) is 2.16. The fourth-order valence-electron chi connectivity index (χ4n) is 1.16. The van der Waals surface area contributed by atoms with Crippen LogP contribution in [0.25, 0.3) is 11.2 Å². The third kappa shape index (κ3) is 1.93. The number of nitrogen functional groups attached to an aromatic ring is 1. The van der Waals surface area contributed by atoms with Gasteiger partial charge in [0.25, 0.3) is 0 Å². The van der Waals surface area contributed by atoms with E-state index in [1.54, 1.807) is 12.4 Å². The first kappa shape index (κ1) is 9.57. The van der Waals surface area contributed by atoms with Gasteiger partial charge in [-0.15, -0.1) is 0 Å². The van der Waals surface area contributed by atoms with Crippen molar-refractivity contribution >= 4 is 17.1 Å². The molecule has 2 N–H and O–H groups in total. The van der Waals surface area contributed by atoms with E-state index in [1.807, 2.05) is 13.8 Å². The first-order valence-corrected chi connectivity index (χ1v) is 4.57. The van der Waals surface area contributed by atoms with Crippen LogP contribution in [-0.4, -0.2) is 26.0 Å². The first-order valence-electron chi connectivity index (χ1n) is 4.57. The summed E-state index contributed by atoms with van der Waals surface area (Å²) in [6.07, 6.45) is 3.12. The predicted octanol–water partition coefficient (Wildman–Crippen LogP) is 0.789. The van der Waals surface area contributed by atoms with Crippen LogP contribution in [-0.2, 0) is 0 Å². The Morgan fingerprint density at radius 3 is 2.67 bits per heavy atom. The van der Waals surface area contributed by atoms with E-state index in [2.05, 4.69) is 19.9 Å². The lowest BCUT2D eigenvalue weighted by molar-refractivity contribution is 0.235. The van der Waals surface area contributed by atoms with Gasteiger partial charge in [0, 0.05) is 12.4 Å². The van der Waals surface area contributed by atoms with Crippen LogP contribution < -0.4 is 10.5 Å². The highest BCUT2D eigenvalue weighted by Crippen LogP contribution is 2.19. The lowest BCUT2D eigenvalue weighted by Crippen LogP contribution is -2.10. The minimum atomic E-state index is 0.00417. The molecule has 6 heteroatoms. The van der Waals surface area contributed by atoms with E-state index in [-0.39, 0.29) is 12.1 Å². The first-order chi connectivity index (χ1) is 7.16. The zero-order chi connectivity index (χ0) is 10.8. The van der Waals surface area contributed by atoms with E-state index < -0.39 is 0 Å². The second-order valence-corrected chi connectivity index (χ2v) is 3.28. The molecule has 0 unspecified atom stereocenters. The molecule has 0 aliphatic carbocycles. The van der Waals surface area contributed by atoms with Gasteiger partial charge in [-0.3, -0.25) is 0 Å². The zero-order valence-electron chi connectivity index (χ0n) is 8.51. The van der Waals surface area contributed by atoms with Crippen LogP contribution in [0, 0.1) is 0 Å². The Bertz CT molecular complexity index is 485. The molecule has 2 rings (SSSR count). The summed E-state index contributed by atoms with van der Waals surface area (Å²) in [5.41, 5.74) is 6.50. The summed E-state index contributed by atoms with van der Waals surface area (Å²) < 4.78 is 5.47. The molecule has 0 aliphatic heterocycles. The molecule has 0 atom stereocenters. The molecule has 0 amide bonds. The van der Waals surface area contributed by atoms with Crippen LogP contribution in [0.5, 0.6) is 5.88 Å². The molecule has 2 aromatic rings. The van der Waals surface area contributed by atoms with E-state index in [4.69, 9.17) is 10.5 Å². The molecule has 15 heavy (non-hydrogen) atoms. The Labute approximate surface area is 86.5 Å². The summed E-state index contributed by atoms with van der Waals surface area (Å²) in [7, 11) is 0. The second kappa shape index (κ2) is 3.64. The molecule has 0 saturated carbocycles. The topological polar surface area (TPSA) is 86.8 Å². The van der Waals surface area contributed by atoms with E-state index in [0.717, 1.165) is 0 Å². The molecular formula is C9H11N5O. The lowest BCUT2D eigenvalue weighted by atomic mass is 10.4. The third-order valence-electron chi connectivity index (χ3n) is 1.67. The Morgan fingerprint density at radius 1 is 1.20 bits per heavy atom. The van der Waals surface area contributed by atoms with Gasteiger partial charge < -0.3 is 10.5 Å². The van der Waals surface area contributed by atoms with Crippen LogP contribution in [0.1, 0.15) is 13.8 Å². The minimum absolute atomic E-state index is 0.00417. The molecule has 6 nitrogen and oxygen atoms in total. The minimum Gasteiger partial charge on any atom is -0.473 e. The van der Waals surface area contributed by atoms with Gasteiger partial charge in [0.05, 0.1) is 6.10 Å². The van der Waals surface area contributed by atoms with Crippen molar-refractivity contribution in [3.63, 3.8) is 0 Å². The SMILES string of the molecule is CC(C)Oc1nc(N)nc2nccnc12. The summed E-state index contributed by atoms with van der Waals surface area (Å²) in [6, 6.07) is 0. The molecule has 0 spiro atoms. The highest BCUT2D eigenvalue weighted by atomic mass is 16.5. The van der Waals surface area contributed by atoms with Crippen LogP contribution in [0.3, 0.4) is 0 Å². The maximum absolute atomic E-state index is 5.53. The van der Waals surface area contributed by atoms with Crippen LogP contribution in [0.15, 0.2) is 12.4 Å². The molecule has 2 aromatic heterocycles. The van der Waals surface area contributed by atoms with Crippen molar-refractivity contribution in [2.75, 3.05) is 5.73 Å². The highest BCUT2D eigenvalue weighted by Gasteiger charge is 2.10. The Balaban J connectivity index is 2.60. The van der Waals surface area contributed by atoms with Crippen molar-refractivity contribution < 1.29 is 4.74 Å². The molecule has 0 saturated heterocycles. The Morgan fingerprint density at radius 2 is 1.93 bits per heavy atom. The number of rotatable bonds is 2. The molecule has 0 fully saturated rings. The molecular weight excluding hydrogens is 194 g/mol. The monoisotopic (exact) mass is 205 g/mol. The number of ether oxygens (including phenoxy) is 1. The van der Waals surface area contributed by atoms with Crippen molar-refractivity contribution in [3.8, 4) is 5.88 Å². The van der Waals surface area contributed by atoms with Crippen LogP contribution in [0.4, 0.5) is 5.95 Å². The third-order valence-corrected chi connectivity index (χ3v) is 1.67. The number of hydrogen-bond acceptors (Lipinski definition) is 6. The predicted molar refractivity (Wildman–Crippen MR) is 55.3 cm³/mol. The second-order valence-electron chi connectivity index (χ2n) is 3.28. The molecule has 0 aliphatic rings. The van der Waals surface area contributed by atoms with Gasteiger partial charge in [-0.25, -0.2) is 9.97 Å². The van der Waals surface area contributed by atoms with Gasteiger partial charge in [0.15, 0.2) is 11.2 Å². The van der Waals surface area contributed by atoms with Gasteiger partial charge in [-0.1, -0.05) is 0 Å². The lowest BCUT2D eigenvalue weighted by Gasteiger charge is -2.09. The van der Waals surface area contributed by atoms with Gasteiger partial charge in [-0.05, 0) is 13.8 Å². The zero-order valence-corrected chi connectivity index (χ0v) is 8.51. The number of fused-ring (bicyclic) bond motifs is 1. The Hall–Kier alpha value is -1.98. The number of hydrogen-bond donors (Lipinski definition) is 1. The fraction of sp³-hybridized carbons (Fsp3) is 0.333. The van der Waals surface area contributed by atoms with E-state index in [1.165, 1.54) is 0 Å². The summed E-state index contributed by atoms with van der Waals surface area (Å²) in [5.74, 6) is 0.513. The fourth-order valence-corrected chi connectivity index (χ4v) is 1.16. The molecule has 0 bridgehead atoms. The van der Waals surface area contributed by atoms with Crippen molar-refractivity contribution in [2.24, 2.45) is 0 Å². The van der Waals surface area contributed by atoms with Crippen molar-refractivity contribution in [1.29, 1.82) is 0 Å². The number of nitrogens with zero attached hydrogens (tertiary/aromatic N) is 4. The number of anilines is 1. The molecule has 0 aromatic carbocycles. The van der Waals surface area contributed by atoms with Gasteiger partial charge in [-0.2, -0.15) is 9.97 Å². The van der Waals surface area contributed by atoms with Crippen molar-refractivity contribution in [1.82, 2.24) is 19.9 Å².